The van der Waals surface area contributed by atoms with E-state index < -0.39 is 11.5 Å². The second-order valence-corrected chi connectivity index (χ2v) is 8.91. The van der Waals surface area contributed by atoms with Gasteiger partial charge in [-0.3, -0.25) is 0 Å². The number of benzene rings is 2. The van der Waals surface area contributed by atoms with Gasteiger partial charge in [-0.15, -0.1) is 0 Å². The third-order valence-electron chi connectivity index (χ3n) is 7.02. The Balaban J connectivity index is 1.61. The summed E-state index contributed by atoms with van der Waals surface area (Å²) in [5, 5.41) is 10.6. The molecule has 1 amide bonds. The molecule has 0 spiro atoms. The fourth-order valence-electron chi connectivity index (χ4n) is 4.98. The number of nitrogens with zero attached hydrogens (tertiary/aromatic N) is 1. The first-order valence-electron chi connectivity index (χ1n) is 10.8. The quantitative estimate of drug-likeness (QED) is 0.789. The number of ether oxygens (including phenoxy) is 3. The average molecular weight is 426 g/mol. The number of methoxy groups -OCH3 is 2. The fraction of sp³-hybridized carbons (Fsp3) is 0.480. The summed E-state index contributed by atoms with van der Waals surface area (Å²) in [5.41, 5.74) is 3.17. The number of aliphatic hydroxyl groups excluding tert-OH is 1. The van der Waals surface area contributed by atoms with Crippen LogP contribution in [-0.4, -0.2) is 55.6 Å². The monoisotopic (exact) mass is 425 g/mol. The fourth-order valence-corrected chi connectivity index (χ4v) is 4.98. The molecule has 6 nitrogen and oxygen atoms in total. The SMILES string of the molecule is COC(=O)N1C[C@@H](c2ccc(OC)c(OC3Cc4ccccc4C3)c2)[C@](C)([C@@H](C)O)C1. The maximum atomic E-state index is 12.2. The van der Waals surface area contributed by atoms with E-state index in [1.165, 1.54) is 18.2 Å². The van der Waals surface area contributed by atoms with E-state index in [1.54, 1.807) is 18.9 Å². The van der Waals surface area contributed by atoms with Crippen molar-refractivity contribution in [3.05, 3.63) is 59.2 Å². The number of rotatable bonds is 5. The summed E-state index contributed by atoms with van der Waals surface area (Å²) < 4.78 is 16.9. The molecule has 0 radical (unpaired) electrons. The maximum Gasteiger partial charge on any atom is 0.409 e. The van der Waals surface area contributed by atoms with Gasteiger partial charge in [0.2, 0.25) is 0 Å². The van der Waals surface area contributed by atoms with Crippen molar-refractivity contribution in [1.82, 2.24) is 4.90 Å². The second-order valence-electron chi connectivity index (χ2n) is 8.91. The van der Waals surface area contributed by atoms with Crippen LogP contribution in [0.2, 0.25) is 0 Å². The highest BCUT2D eigenvalue weighted by molar-refractivity contribution is 5.68. The Morgan fingerprint density at radius 3 is 2.39 bits per heavy atom. The number of carbonyl (C=O) groups excluding carboxylic acids is 1. The smallest absolute Gasteiger partial charge is 0.409 e. The summed E-state index contributed by atoms with van der Waals surface area (Å²) in [5.74, 6) is 1.32. The van der Waals surface area contributed by atoms with Gasteiger partial charge < -0.3 is 24.2 Å². The molecule has 1 heterocycles. The summed E-state index contributed by atoms with van der Waals surface area (Å²) in [4.78, 5) is 13.8. The van der Waals surface area contributed by atoms with Gasteiger partial charge in [-0.25, -0.2) is 4.79 Å². The van der Waals surface area contributed by atoms with Crippen LogP contribution >= 0.6 is 0 Å². The summed E-state index contributed by atoms with van der Waals surface area (Å²) >= 11 is 0. The highest BCUT2D eigenvalue weighted by Crippen LogP contribution is 2.47. The normalized spacial score (nSPS) is 24.0. The van der Waals surface area contributed by atoms with Crippen LogP contribution in [0.5, 0.6) is 11.5 Å². The third-order valence-corrected chi connectivity index (χ3v) is 7.02. The molecular formula is C25H31NO5. The Labute approximate surface area is 183 Å². The van der Waals surface area contributed by atoms with Gasteiger partial charge in [-0.05, 0) is 35.7 Å². The molecule has 0 bridgehead atoms. The van der Waals surface area contributed by atoms with Crippen molar-refractivity contribution in [2.45, 2.75) is 44.8 Å². The summed E-state index contributed by atoms with van der Waals surface area (Å²) in [6.45, 7) is 4.71. The Hall–Kier alpha value is -2.73. The second kappa shape index (κ2) is 8.42. The Morgan fingerprint density at radius 1 is 1.13 bits per heavy atom. The Morgan fingerprint density at radius 2 is 1.81 bits per heavy atom. The van der Waals surface area contributed by atoms with E-state index in [2.05, 4.69) is 24.3 Å². The minimum Gasteiger partial charge on any atom is -0.493 e. The Kier molecular flexibility index (Phi) is 5.84. The van der Waals surface area contributed by atoms with Crippen molar-refractivity contribution in [2.24, 2.45) is 5.41 Å². The summed E-state index contributed by atoms with van der Waals surface area (Å²) in [7, 11) is 3.02. The van der Waals surface area contributed by atoms with Gasteiger partial charge in [-0.1, -0.05) is 37.3 Å². The predicted molar refractivity (Wildman–Crippen MR) is 118 cm³/mol. The van der Waals surface area contributed by atoms with E-state index in [4.69, 9.17) is 14.2 Å². The topological polar surface area (TPSA) is 68.2 Å². The molecule has 31 heavy (non-hydrogen) atoms. The molecule has 6 heteroatoms. The maximum absolute atomic E-state index is 12.2. The minimum atomic E-state index is -0.594. The number of amides is 1. The minimum absolute atomic E-state index is 0.0550. The van der Waals surface area contributed by atoms with Crippen LogP contribution in [0.15, 0.2) is 42.5 Å². The van der Waals surface area contributed by atoms with Gasteiger partial charge in [0.25, 0.3) is 0 Å². The highest BCUT2D eigenvalue weighted by atomic mass is 16.5. The lowest BCUT2D eigenvalue weighted by Gasteiger charge is -2.33. The van der Waals surface area contributed by atoms with Crippen molar-refractivity contribution < 1.29 is 24.1 Å². The molecule has 0 unspecified atom stereocenters. The average Bonchev–Trinajstić information content (AvgIpc) is 3.34. The third kappa shape index (κ3) is 3.97. The van der Waals surface area contributed by atoms with E-state index >= 15 is 0 Å². The highest BCUT2D eigenvalue weighted by Gasteiger charge is 2.48. The largest absolute Gasteiger partial charge is 0.493 e. The van der Waals surface area contributed by atoms with Crippen molar-refractivity contribution in [3.63, 3.8) is 0 Å². The van der Waals surface area contributed by atoms with E-state index in [0.29, 0.717) is 24.6 Å². The van der Waals surface area contributed by atoms with Crippen molar-refractivity contribution >= 4 is 6.09 Å². The van der Waals surface area contributed by atoms with Crippen LogP contribution in [-0.2, 0) is 17.6 Å². The first kappa shape index (κ1) is 21.5. The van der Waals surface area contributed by atoms with E-state index in [1.807, 2.05) is 25.1 Å². The molecule has 2 aliphatic rings. The standard InChI is InChI=1S/C25H31NO5/c1-16(27)25(2)15-26(24(28)30-4)14-21(25)19-9-10-22(29-3)23(13-19)31-20-11-17-7-5-6-8-18(17)12-20/h5-10,13,16,20-21,27H,11-12,14-15H2,1-4H3/t16-,21+,25+/m1/s1. The van der Waals surface area contributed by atoms with Crippen molar-refractivity contribution in [3.8, 4) is 11.5 Å². The van der Waals surface area contributed by atoms with Gasteiger partial charge in [0.05, 0.1) is 20.3 Å². The number of carbonyl (C=O) groups is 1. The molecule has 1 saturated heterocycles. The molecule has 1 aliphatic heterocycles. The molecule has 3 atom stereocenters. The first-order chi connectivity index (χ1) is 14.9. The zero-order valence-electron chi connectivity index (χ0n) is 18.6. The molecule has 2 aromatic carbocycles. The predicted octanol–water partition coefficient (Wildman–Crippen LogP) is 3.79. The molecule has 0 saturated carbocycles. The van der Waals surface area contributed by atoms with Crippen LogP contribution in [0, 0.1) is 5.41 Å². The molecule has 0 aromatic heterocycles. The van der Waals surface area contributed by atoms with Gasteiger partial charge >= 0.3 is 6.09 Å². The van der Waals surface area contributed by atoms with Crippen molar-refractivity contribution in [1.29, 1.82) is 0 Å². The number of fused-ring (bicyclic) bond motifs is 1. The molecule has 1 fully saturated rings. The van der Waals surface area contributed by atoms with Crippen LogP contribution in [0.25, 0.3) is 0 Å². The summed E-state index contributed by atoms with van der Waals surface area (Å²) in [6, 6.07) is 14.4. The van der Waals surface area contributed by atoms with Gasteiger partial charge in [0, 0.05) is 37.3 Å². The number of aliphatic hydroxyl groups is 1. The lowest BCUT2D eigenvalue weighted by atomic mass is 9.72. The van der Waals surface area contributed by atoms with Gasteiger partial charge in [0.1, 0.15) is 6.10 Å². The van der Waals surface area contributed by atoms with E-state index in [-0.39, 0.29) is 18.1 Å². The van der Waals surface area contributed by atoms with Crippen LogP contribution in [0.4, 0.5) is 4.79 Å². The van der Waals surface area contributed by atoms with Crippen LogP contribution < -0.4 is 9.47 Å². The Bertz CT molecular complexity index is 934. The lowest BCUT2D eigenvalue weighted by Crippen LogP contribution is -2.38. The van der Waals surface area contributed by atoms with Crippen LogP contribution in [0.3, 0.4) is 0 Å². The molecule has 166 valence electrons. The molecule has 1 aliphatic carbocycles. The lowest BCUT2D eigenvalue weighted by molar-refractivity contribution is 0.0470. The number of hydrogen-bond donors (Lipinski definition) is 1. The first-order valence-corrected chi connectivity index (χ1v) is 10.8. The molecule has 1 N–H and O–H groups in total. The van der Waals surface area contributed by atoms with Crippen LogP contribution in [0.1, 0.15) is 36.5 Å². The van der Waals surface area contributed by atoms with E-state index in [9.17, 15) is 9.90 Å². The van der Waals surface area contributed by atoms with E-state index in [0.717, 1.165) is 18.4 Å². The molecular weight excluding hydrogens is 394 g/mol. The zero-order chi connectivity index (χ0) is 22.2. The number of likely N-dealkylation sites (tertiary alicyclic amines) is 1. The molecule has 2 aromatic rings. The molecule has 4 rings (SSSR count). The summed E-state index contributed by atoms with van der Waals surface area (Å²) in [6.07, 6.45) is 0.828. The van der Waals surface area contributed by atoms with Gasteiger partial charge in [-0.2, -0.15) is 0 Å². The zero-order valence-corrected chi connectivity index (χ0v) is 18.6. The van der Waals surface area contributed by atoms with Crippen molar-refractivity contribution in [2.75, 3.05) is 27.3 Å². The number of hydrogen-bond acceptors (Lipinski definition) is 5. The van der Waals surface area contributed by atoms with Gasteiger partial charge in [0.15, 0.2) is 11.5 Å².